The van der Waals surface area contributed by atoms with Crippen molar-refractivity contribution in [1.82, 2.24) is 9.99 Å². The average Bonchev–Trinajstić information content (AvgIpc) is 2.95. The lowest BCUT2D eigenvalue weighted by atomic mass is 10.2. The molecule has 0 bridgehead atoms. The molecule has 1 aromatic heterocycles. The van der Waals surface area contributed by atoms with Crippen LogP contribution in [0.4, 0.5) is 4.39 Å². The van der Waals surface area contributed by atoms with Crippen LogP contribution in [0, 0.1) is 26.6 Å². The minimum Gasteiger partial charge on any atom is -0.483 e. The molecule has 0 fully saturated rings. The van der Waals surface area contributed by atoms with E-state index in [-0.39, 0.29) is 18.3 Å². The summed E-state index contributed by atoms with van der Waals surface area (Å²) in [7, 11) is 0. The summed E-state index contributed by atoms with van der Waals surface area (Å²) in [5.74, 6) is 0.00641. The van der Waals surface area contributed by atoms with Crippen molar-refractivity contribution >= 4 is 12.1 Å². The molecule has 1 N–H and O–H groups in total. The van der Waals surface area contributed by atoms with Gasteiger partial charge in [-0.05, 0) is 50.6 Å². The second-order valence-electron chi connectivity index (χ2n) is 6.46. The van der Waals surface area contributed by atoms with Gasteiger partial charge in [-0.15, -0.1) is 0 Å². The van der Waals surface area contributed by atoms with E-state index in [2.05, 4.69) is 10.5 Å². The number of benzene rings is 2. The molecule has 0 saturated carbocycles. The van der Waals surface area contributed by atoms with Gasteiger partial charge in [0.05, 0.1) is 11.9 Å². The molecule has 1 amide bonds. The maximum absolute atomic E-state index is 14.1. The van der Waals surface area contributed by atoms with Gasteiger partial charge in [0.25, 0.3) is 5.91 Å². The summed E-state index contributed by atoms with van der Waals surface area (Å²) in [5, 5.41) is 4.00. The number of carbonyl (C=O) groups excluding carboxylic acids is 1. The van der Waals surface area contributed by atoms with Gasteiger partial charge in [0.2, 0.25) is 0 Å². The van der Waals surface area contributed by atoms with E-state index in [1.54, 1.807) is 24.4 Å². The van der Waals surface area contributed by atoms with Gasteiger partial charge in [0, 0.05) is 17.0 Å². The fourth-order valence-electron chi connectivity index (χ4n) is 2.99. The minimum atomic E-state index is -0.359. The Kier molecular flexibility index (Phi) is 5.89. The number of amides is 1. The van der Waals surface area contributed by atoms with Crippen molar-refractivity contribution < 1.29 is 13.9 Å². The summed E-state index contributed by atoms with van der Waals surface area (Å²) in [5.41, 5.74) is 6.38. The lowest BCUT2D eigenvalue weighted by Gasteiger charge is -2.10. The first kappa shape index (κ1) is 19.4. The molecule has 0 unspecified atom stereocenters. The Balaban J connectivity index is 1.65. The zero-order valence-electron chi connectivity index (χ0n) is 16.1. The van der Waals surface area contributed by atoms with Crippen molar-refractivity contribution in [2.24, 2.45) is 5.10 Å². The van der Waals surface area contributed by atoms with Crippen LogP contribution in [0.2, 0.25) is 0 Å². The maximum atomic E-state index is 14.1. The van der Waals surface area contributed by atoms with E-state index in [1.807, 2.05) is 55.7 Å². The maximum Gasteiger partial charge on any atom is 0.277 e. The number of para-hydroxylation sites is 2. The molecule has 0 aliphatic carbocycles. The lowest BCUT2D eigenvalue weighted by Crippen LogP contribution is -2.24. The highest BCUT2D eigenvalue weighted by molar-refractivity contribution is 5.84. The Hall–Kier alpha value is -3.41. The zero-order chi connectivity index (χ0) is 20.1. The number of halogens is 1. The van der Waals surface area contributed by atoms with E-state index in [9.17, 15) is 9.18 Å². The molecule has 3 rings (SSSR count). The molecule has 1 heterocycles. The molecule has 0 aliphatic rings. The van der Waals surface area contributed by atoms with Gasteiger partial charge in [-0.3, -0.25) is 4.79 Å². The van der Waals surface area contributed by atoms with Crippen LogP contribution in [0.5, 0.6) is 5.75 Å². The van der Waals surface area contributed by atoms with E-state index in [0.717, 1.165) is 22.5 Å². The van der Waals surface area contributed by atoms with Crippen molar-refractivity contribution in [3.05, 3.63) is 82.9 Å². The third-order valence-electron chi connectivity index (χ3n) is 4.41. The highest BCUT2D eigenvalue weighted by Crippen LogP contribution is 2.21. The first-order valence-electron chi connectivity index (χ1n) is 8.91. The van der Waals surface area contributed by atoms with Crippen LogP contribution in [0.15, 0.2) is 59.7 Å². The molecule has 3 aromatic rings. The number of hydrogen-bond acceptors (Lipinski definition) is 3. The predicted octanol–water partition coefficient (Wildman–Crippen LogP) is 4.07. The van der Waals surface area contributed by atoms with Crippen molar-refractivity contribution in [2.75, 3.05) is 6.61 Å². The number of carbonyl (C=O) groups is 1. The summed E-state index contributed by atoms with van der Waals surface area (Å²) >= 11 is 0. The third kappa shape index (κ3) is 4.28. The molecular weight excluding hydrogens is 357 g/mol. The van der Waals surface area contributed by atoms with E-state index in [1.165, 1.54) is 6.07 Å². The fraction of sp³-hybridized carbons (Fsp3) is 0.182. The normalized spacial score (nSPS) is 11.0. The summed E-state index contributed by atoms with van der Waals surface area (Å²) in [4.78, 5) is 11.9. The third-order valence-corrected chi connectivity index (χ3v) is 4.41. The van der Waals surface area contributed by atoms with Crippen LogP contribution in [0.25, 0.3) is 5.69 Å². The molecule has 0 saturated heterocycles. The number of hydrogen-bond donors (Lipinski definition) is 1. The molecule has 2 aromatic carbocycles. The Morgan fingerprint density at radius 3 is 2.61 bits per heavy atom. The van der Waals surface area contributed by atoms with E-state index in [0.29, 0.717) is 11.4 Å². The van der Waals surface area contributed by atoms with Crippen LogP contribution in [0.1, 0.15) is 22.5 Å². The molecule has 0 atom stereocenters. The standard InChI is InChI=1S/C22H22FN3O2/c1-15-8-4-7-11-21(15)28-14-22(27)25-24-13-18-12-16(2)26(17(18)3)20-10-6-5-9-19(20)23/h4-13H,14H2,1-3H3,(H,25,27)/b24-13+. The fourth-order valence-corrected chi connectivity index (χ4v) is 2.99. The van der Waals surface area contributed by atoms with E-state index in [4.69, 9.17) is 4.74 Å². The van der Waals surface area contributed by atoms with Crippen molar-refractivity contribution in [2.45, 2.75) is 20.8 Å². The van der Waals surface area contributed by atoms with E-state index < -0.39 is 0 Å². The van der Waals surface area contributed by atoms with Gasteiger partial charge >= 0.3 is 0 Å². The highest BCUT2D eigenvalue weighted by Gasteiger charge is 2.12. The summed E-state index contributed by atoms with van der Waals surface area (Å²) in [6.07, 6.45) is 1.55. The molecule has 6 heteroatoms. The van der Waals surface area contributed by atoms with Crippen molar-refractivity contribution in [3.8, 4) is 11.4 Å². The van der Waals surface area contributed by atoms with Crippen LogP contribution in [-0.2, 0) is 4.79 Å². The molecule has 144 valence electrons. The van der Waals surface area contributed by atoms with Crippen LogP contribution >= 0.6 is 0 Å². The smallest absolute Gasteiger partial charge is 0.277 e. The number of aryl methyl sites for hydroxylation is 2. The number of aromatic nitrogens is 1. The molecule has 0 spiro atoms. The second-order valence-corrected chi connectivity index (χ2v) is 6.46. The first-order valence-corrected chi connectivity index (χ1v) is 8.91. The molecule has 28 heavy (non-hydrogen) atoms. The Bertz CT molecular complexity index is 1020. The predicted molar refractivity (Wildman–Crippen MR) is 108 cm³/mol. The number of rotatable bonds is 6. The molecule has 0 aliphatic heterocycles. The number of ether oxygens (including phenoxy) is 1. The summed E-state index contributed by atoms with van der Waals surface area (Å²) in [6.45, 7) is 5.56. The van der Waals surface area contributed by atoms with Crippen molar-refractivity contribution in [3.63, 3.8) is 0 Å². The number of hydrazone groups is 1. The number of nitrogens with one attached hydrogen (secondary N) is 1. The molecular formula is C22H22FN3O2. The minimum absolute atomic E-state index is 0.129. The van der Waals surface area contributed by atoms with Gasteiger partial charge in [0.15, 0.2) is 6.61 Å². The van der Waals surface area contributed by atoms with Gasteiger partial charge in [-0.25, -0.2) is 9.82 Å². The van der Waals surface area contributed by atoms with Gasteiger partial charge in [0.1, 0.15) is 11.6 Å². The average molecular weight is 379 g/mol. The molecule has 5 nitrogen and oxygen atoms in total. The van der Waals surface area contributed by atoms with Gasteiger partial charge in [-0.2, -0.15) is 5.10 Å². The molecule has 0 radical (unpaired) electrons. The highest BCUT2D eigenvalue weighted by atomic mass is 19.1. The van der Waals surface area contributed by atoms with Crippen LogP contribution < -0.4 is 10.2 Å². The van der Waals surface area contributed by atoms with Crippen LogP contribution in [-0.4, -0.2) is 23.3 Å². The quantitative estimate of drug-likeness (QED) is 0.518. The lowest BCUT2D eigenvalue weighted by molar-refractivity contribution is -0.123. The number of nitrogens with zero attached hydrogens (tertiary/aromatic N) is 2. The topological polar surface area (TPSA) is 55.6 Å². The SMILES string of the molecule is Cc1ccccc1OCC(=O)N/N=C/c1cc(C)n(-c2ccccc2F)c1C. The first-order chi connectivity index (χ1) is 13.5. The zero-order valence-corrected chi connectivity index (χ0v) is 16.1. The van der Waals surface area contributed by atoms with E-state index >= 15 is 0 Å². The van der Waals surface area contributed by atoms with Gasteiger partial charge < -0.3 is 9.30 Å². The van der Waals surface area contributed by atoms with Crippen LogP contribution in [0.3, 0.4) is 0 Å². The van der Waals surface area contributed by atoms with Crippen molar-refractivity contribution in [1.29, 1.82) is 0 Å². The Morgan fingerprint density at radius 2 is 1.86 bits per heavy atom. The largest absolute Gasteiger partial charge is 0.483 e. The second kappa shape index (κ2) is 8.52. The summed E-state index contributed by atoms with van der Waals surface area (Å²) in [6, 6.07) is 16.0. The van der Waals surface area contributed by atoms with Gasteiger partial charge in [-0.1, -0.05) is 30.3 Å². The Labute approximate surface area is 163 Å². The monoisotopic (exact) mass is 379 g/mol. The summed E-state index contributed by atoms with van der Waals surface area (Å²) < 4.78 is 21.4. The Morgan fingerprint density at radius 1 is 1.14 bits per heavy atom.